The lowest BCUT2D eigenvalue weighted by Crippen LogP contribution is -2.63. The molecule has 0 bridgehead atoms. The highest BCUT2D eigenvalue weighted by atomic mass is 16.7. The maximum Gasteiger partial charge on any atom is 0.303 e. The van der Waals surface area contributed by atoms with Crippen molar-refractivity contribution in [1.82, 2.24) is 4.90 Å². The lowest BCUT2D eigenvalue weighted by molar-refractivity contribution is -0.288. The maximum absolute atomic E-state index is 12.7. The van der Waals surface area contributed by atoms with Crippen molar-refractivity contribution in [3.63, 3.8) is 0 Å². The molecule has 0 radical (unpaired) electrons. The van der Waals surface area contributed by atoms with Crippen LogP contribution in [0.2, 0.25) is 0 Å². The number of phenols is 1. The zero-order valence-electron chi connectivity index (χ0n) is 22.4. The summed E-state index contributed by atoms with van der Waals surface area (Å²) in [5.74, 6) is -4.51. The minimum absolute atomic E-state index is 0.00768. The molecular formula is C25H33NO14. The molecule has 5 atom stereocenters. The van der Waals surface area contributed by atoms with Crippen LogP contribution in [0, 0.1) is 0 Å². The number of hydrogen-bond donors (Lipinski definition) is 3. The second-order valence-electron chi connectivity index (χ2n) is 8.61. The van der Waals surface area contributed by atoms with Crippen LogP contribution in [0.4, 0.5) is 0 Å². The number of amides is 1. The Morgan fingerprint density at radius 1 is 0.825 bits per heavy atom. The largest absolute Gasteiger partial charge is 0.504 e. The molecule has 0 unspecified atom stereocenters. The second-order valence-corrected chi connectivity index (χ2v) is 8.61. The average molecular weight is 572 g/mol. The summed E-state index contributed by atoms with van der Waals surface area (Å²) in [6, 6.07) is 3.59. The number of carbonyl (C=O) groups is 5. The van der Waals surface area contributed by atoms with Gasteiger partial charge in [-0.25, -0.2) is 0 Å². The Hall–Kier alpha value is -3.95. The predicted octanol–water partition coefficient (Wildman–Crippen LogP) is -0.719. The molecule has 0 spiro atoms. The molecule has 222 valence electrons. The fraction of sp³-hybridized carbons (Fsp3) is 0.560. The summed E-state index contributed by atoms with van der Waals surface area (Å²) in [6.07, 6.45) is -7.24. The lowest BCUT2D eigenvalue weighted by atomic mass is 9.98. The third-order valence-corrected chi connectivity index (χ3v) is 5.42. The Bertz CT molecular complexity index is 1070. The van der Waals surface area contributed by atoms with Gasteiger partial charge in [0.05, 0.1) is 13.2 Å². The monoisotopic (exact) mass is 571 g/mol. The molecule has 1 amide bonds. The summed E-state index contributed by atoms with van der Waals surface area (Å²) < 4.78 is 32.5. The van der Waals surface area contributed by atoms with E-state index >= 15 is 0 Å². The normalized spacial score (nSPS) is 22.0. The summed E-state index contributed by atoms with van der Waals surface area (Å²) in [7, 11) is 0. The fourth-order valence-electron chi connectivity index (χ4n) is 3.90. The van der Waals surface area contributed by atoms with Crippen LogP contribution in [-0.2, 0) is 42.9 Å². The Balaban J connectivity index is 2.45. The Morgan fingerprint density at radius 3 is 1.88 bits per heavy atom. The molecule has 1 aromatic rings. The maximum atomic E-state index is 12.7. The molecule has 3 N–H and O–H groups in total. The van der Waals surface area contributed by atoms with Crippen molar-refractivity contribution in [2.75, 3.05) is 32.9 Å². The van der Waals surface area contributed by atoms with Crippen molar-refractivity contribution in [2.24, 2.45) is 0 Å². The zero-order valence-corrected chi connectivity index (χ0v) is 22.4. The number of hydrogen-bond acceptors (Lipinski definition) is 14. The molecule has 1 saturated heterocycles. The van der Waals surface area contributed by atoms with E-state index in [4.69, 9.17) is 28.4 Å². The van der Waals surface area contributed by atoms with Gasteiger partial charge < -0.3 is 48.6 Å². The second kappa shape index (κ2) is 15.0. The summed E-state index contributed by atoms with van der Waals surface area (Å²) in [4.78, 5) is 61.1. The van der Waals surface area contributed by atoms with Crippen molar-refractivity contribution in [1.29, 1.82) is 0 Å². The number of nitrogens with zero attached hydrogens (tertiary/aromatic N) is 1. The van der Waals surface area contributed by atoms with E-state index in [1.807, 2.05) is 0 Å². The van der Waals surface area contributed by atoms with E-state index in [1.54, 1.807) is 0 Å². The minimum Gasteiger partial charge on any atom is -0.504 e. The number of aliphatic hydroxyl groups is 2. The predicted molar refractivity (Wildman–Crippen MR) is 131 cm³/mol. The van der Waals surface area contributed by atoms with Crippen LogP contribution in [0.5, 0.6) is 11.5 Å². The van der Waals surface area contributed by atoms with Crippen LogP contribution < -0.4 is 4.74 Å². The number of ether oxygens (including phenoxy) is 6. The highest BCUT2D eigenvalue weighted by molar-refractivity contribution is 5.95. The molecule has 1 heterocycles. The van der Waals surface area contributed by atoms with Gasteiger partial charge in [-0.1, -0.05) is 0 Å². The summed E-state index contributed by atoms with van der Waals surface area (Å²) in [5.41, 5.74) is 0.00768. The van der Waals surface area contributed by atoms with Gasteiger partial charge in [-0.2, -0.15) is 0 Å². The highest BCUT2D eigenvalue weighted by Gasteiger charge is 2.53. The molecule has 1 aromatic carbocycles. The Morgan fingerprint density at radius 2 is 1.38 bits per heavy atom. The van der Waals surface area contributed by atoms with Crippen LogP contribution >= 0.6 is 0 Å². The average Bonchev–Trinajstić information content (AvgIpc) is 2.86. The number of rotatable bonds is 12. The van der Waals surface area contributed by atoms with Gasteiger partial charge in [-0.3, -0.25) is 24.0 Å². The SMILES string of the molecule is CC(=O)OC[C@@H]1O[C@@H](Oc2ccc(C(=O)N(CCO)CCO)cc2O)[C@@H](OC(C)=O)[C@@H](OC(C)=O)[C@@H]1OC(C)=O. The van der Waals surface area contributed by atoms with Crippen molar-refractivity contribution >= 4 is 29.8 Å². The molecule has 2 rings (SSSR count). The summed E-state index contributed by atoms with van der Waals surface area (Å²) >= 11 is 0. The number of carbonyl (C=O) groups excluding carboxylic acids is 5. The first kappa shape index (κ1) is 32.3. The topological polar surface area (TPSA) is 205 Å². The van der Waals surface area contributed by atoms with Crippen molar-refractivity contribution in [3.05, 3.63) is 23.8 Å². The number of esters is 4. The first-order valence-electron chi connectivity index (χ1n) is 12.2. The van der Waals surface area contributed by atoms with Gasteiger partial charge in [0, 0.05) is 46.3 Å². The number of aromatic hydroxyl groups is 1. The summed E-state index contributed by atoms with van der Waals surface area (Å²) in [5, 5.41) is 29.0. The molecule has 1 aliphatic heterocycles. The van der Waals surface area contributed by atoms with Gasteiger partial charge in [0.1, 0.15) is 12.7 Å². The van der Waals surface area contributed by atoms with Crippen LogP contribution in [-0.4, -0.2) is 114 Å². The zero-order chi connectivity index (χ0) is 30.0. The van der Waals surface area contributed by atoms with Crippen LogP contribution in [0.25, 0.3) is 0 Å². The first-order valence-corrected chi connectivity index (χ1v) is 12.2. The van der Waals surface area contributed by atoms with Crippen molar-refractivity contribution in [2.45, 2.75) is 58.4 Å². The lowest BCUT2D eigenvalue weighted by Gasteiger charge is -2.43. The smallest absolute Gasteiger partial charge is 0.303 e. The van der Waals surface area contributed by atoms with E-state index in [2.05, 4.69) is 0 Å². The molecule has 40 heavy (non-hydrogen) atoms. The van der Waals surface area contributed by atoms with E-state index in [1.165, 1.54) is 17.0 Å². The molecule has 1 fully saturated rings. The van der Waals surface area contributed by atoms with Crippen LogP contribution in [0.15, 0.2) is 18.2 Å². The van der Waals surface area contributed by atoms with Crippen molar-refractivity contribution in [3.8, 4) is 11.5 Å². The standard InChI is InChI=1S/C25H33NO14/c1-13(29)35-12-20-21(36-14(2)30)22(37-15(3)31)23(38-16(4)32)25(40-20)39-19-6-5-17(11-18(19)33)24(34)26(7-9-27)8-10-28/h5-6,11,20-23,25,27-28,33H,7-10,12H2,1-4H3/t20-,21+,22-,23-,25+/m0/s1. The molecule has 0 saturated carbocycles. The van der Waals surface area contributed by atoms with Gasteiger partial charge in [0.25, 0.3) is 5.91 Å². The van der Waals surface area contributed by atoms with Gasteiger partial charge in [-0.05, 0) is 18.2 Å². The highest BCUT2D eigenvalue weighted by Crippen LogP contribution is 2.34. The van der Waals surface area contributed by atoms with Gasteiger partial charge in [0.2, 0.25) is 12.4 Å². The fourth-order valence-corrected chi connectivity index (χ4v) is 3.90. The Labute approximate surface area is 229 Å². The Kier molecular flexibility index (Phi) is 12.1. The van der Waals surface area contributed by atoms with E-state index < -0.39 is 72.8 Å². The van der Waals surface area contributed by atoms with E-state index in [0.29, 0.717) is 0 Å². The van der Waals surface area contributed by atoms with Crippen LogP contribution in [0.3, 0.4) is 0 Å². The van der Waals surface area contributed by atoms with E-state index in [0.717, 1.165) is 33.8 Å². The number of benzene rings is 1. The van der Waals surface area contributed by atoms with Gasteiger partial charge >= 0.3 is 23.9 Å². The van der Waals surface area contributed by atoms with Gasteiger partial charge in [0.15, 0.2) is 23.7 Å². The summed E-state index contributed by atoms with van der Waals surface area (Å²) in [6.45, 7) is 3.08. The number of aliphatic hydroxyl groups excluding tert-OH is 2. The minimum atomic E-state index is -1.59. The number of phenolic OH excluding ortho intramolecular Hbond substituents is 1. The molecule has 1 aliphatic rings. The molecule has 15 nitrogen and oxygen atoms in total. The third kappa shape index (κ3) is 9.07. The van der Waals surface area contributed by atoms with Crippen LogP contribution in [0.1, 0.15) is 38.1 Å². The molecule has 0 aromatic heterocycles. The first-order chi connectivity index (χ1) is 18.9. The molecule has 15 heteroatoms. The quantitative estimate of drug-likeness (QED) is 0.209. The van der Waals surface area contributed by atoms with Crippen molar-refractivity contribution < 1.29 is 67.7 Å². The van der Waals surface area contributed by atoms with Gasteiger partial charge in [-0.15, -0.1) is 0 Å². The van der Waals surface area contributed by atoms with E-state index in [-0.39, 0.29) is 37.6 Å². The van der Waals surface area contributed by atoms with E-state index in [9.17, 15) is 39.3 Å². The molecular weight excluding hydrogens is 538 g/mol. The third-order valence-electron chi connectivity index (χ3n) is 5.42. The molecule has 0 aliphatic carbocycles.